The number of carbonyl (C=O) groups is 1. The Morgan fingerprint density at radius 3 is 2.82 bits per heavy atom. The fourth-order valence-electron chi connectivity index (χ4n) is 3.92. The van der Waals surface area contributed by atoms with Gasteiger partial charge in [-0.05, 0) is 42.3 Å². The third-order valence-electron chi connectivity index (χ3n) is 5.31. The van der Waals surface area contributed by atoms with Crippen molar-refractivity contribution in [3.63, 3.8) is 0 Å². The Hall–Kier alpha value is -2.24. The first-order valence-corrected chi connectivity index (χ1v) is 10.1. The van der Waals surface area contributed by atoms with Gasteiger partial charge in [0.15, 0.2) is 6.54 Å². The zero-order chi connectivity index (χ0) is 19.9. The molecule has 0 radical (unpaired) electrons. The molecule has 1 amide bonds. The summed E-state index contributed by atoms with van der Waals surface area (Å²) in [7, 11) is 3.35. The molecule has 2 N–H and O–H groups in total. The summed E-state index contributed by atoms with van der Waals surface area (Å²) in [5.74, 6) is 1.74. The third-order valence-corrected chi connectivity index (χ3v) is 5.54. The first kappa shape index (κ1) is 20.5. The van der Waals surface area contributed by atoms with Crippen LogP contribution < -0.4 is 19.7 Å². The molecule has 0 bridgehead atoms. The van der Waals surface area contributed by atoms with E-state index in [0.29, 0.717) is 13.1 Å². The standard InChI is InChI=1S/C22H27ClN2O3/c1-27-18-8-9-21(28-2)19(14-18)20-7-4-12-25(20)15-22(26)24-11-10-16-5-3-6-17(23)13-16/h3,5-6,8-9,13-14,20H,4,7,10-12,15H2,1-2H3,(H,24,26)/p+1/t20-/m0/s1. The Labute approximate surface area is 171 Å². The molecule has 0 saturated carbocycles. The number of methoxy groups -OCH3 is 2. The van der Waals surface area contributed by atoms with Gasteiger partial charge in [-0.3, -0.25) is 4.79 Å². The molecule has 5 nitrogen and oxygen atoms in total. The Morgan fingerprint density at radius 2 is 2.07 bits per heavy atom. The van der Waals surface area contributed by atoms with Crippen molar-refractivity contribution >= 4 is 17.5 Å². The largest absolute Gasteiger partial charge is 0.497 e. The number of halogens is 1. The number of quaternary nitrogens is 1. The number of carbonyl (C=O) groups excluding carboxylic acids is 1. The van der Waals surface area contributed by atoms with Gasteiger partial charge in [-0.1, -0.05) is 23.7 Å². The molecule has 2 aromatic rings. The molecule has 1 aliphatic heterocycles. The third kappa shape index (κ3) is 5.18. The van der Waals surface area contributed by atoms with Gasteiger partial charge in [0, 0.05) is 24.4 Å². The number of hydrogen-bond acceptors (Lipinski definition) is 3. The molecular weight excluding hydrogens is 376 g/mol. The number of amides is 1. The lowest BCUT2D eigenvalue weighted by atomic mass is 10.0. The van der Waals surface area contributed by atoms with Crippen LogP contribution in [0.5, 0.6) is 11.5 Å². The Bertz CT molecular complexity index is 812. The number of rotatable bonds is 8. The molecule has 1 saturated heterocycles. The van der Waals surface area contributed by atoms with Crippen molar-refractivity contribution in [1.82, 2.24) is 5.32 Å². The molecule has 1 aliphatic rings. The number of hydrogen-bond donors (Lipinski definition) is 2. The highest BCUT2D eigenvalue weighted by atomic mass is 35.5. The number of ether oxygens (including phenoxy) is 2. The molecule has 6 heteroatoms. The maximum absolute atomic E-state index is 12.5. The topological polar surface area (TPSA) is 52.0 Å². The summed E-state index contributed by atoms with van der Waals surface area (Å²) < 4.78 is 10.9. The van der Waals surface area contributed by atoms with Gasteiger partial charge >= 0.3 is 0 Å². The van der Waals surface area contributed by atoms with Crippen molar-refractivity contribution in [2.75, 3.05) is 33.9 Å². The fourth-order valence-corrected chi connectivity index (χ4v) is 4.13. The number of nitrogens with one attached hydrogen (secondary N) is 2. The monoisotopic (exact) mass is 403 g/mol. The van der Waals surface area contributed by atoms with Crippen molar-refractivity contribution in [3.8, 4) is 11.5 Å². The minimum Gasteiger partial charge on any atom is -0.497 e. The quantitative estimate of drug-likeness (QED) is 0.711. The second-order valence-corrected chi connectivity index (χ2v) is 7.55. The van der Waals surface area contributed by atoms with E-state index in [1.54, 1.807) is 14.2 Å². The zero-order valence-corrected chi connectivity index (χ0v) is 17.2. The van der Waals surface area contributed by atoms with Gasteiger partial charge in [-0.25, -0.2) is 0 Å². The molecule has 1 unspecified atom stereocenters. The van der Waals surface area contributed by atoms with Gasteiger partial charge in [0.25, 0.3) is 5.91 Å². The van der Waals surface area contributed by atoms with Gasteiger partial charge in [-0.15, -0.1) is 0 Å². The van der Waals surface area contributed by atoms with Gasteiger partial charge in [0.05, 0.1) is 26.3 Å². The predicted molar refractivity (Wildman–Crippen MR) is 110 cm³/mol. The van der Waals surface area contributed by atoms with E-state index >= 15 is 0 Å². The average Bonchev–Trinajstić information content (AvgIpc) is 3.15. The summed E-state index contributed by atoms with van der Waals surface area (Å²) in [6.45, 7) is 2.05. The van der Waals surface area contributed by atoms with E-state index in [4.69, 9.17) is 21.1 Å². The zero-order valence-electron chi connectivity index (χ0n) is 16.5. The minimum absolute atomic E-state index is 0.0748. The van der Waals surface area contributed by atoms with Crippen LogP contribution in [0, 0.1) is 0 Å². The predicted octanol–water partition coefficient (Wildman–Crippen LogP) is 2.44. The van der Waals surface area contributed by atoms with Gasteiger partial charge in [0.2, 0.25) is 0 Å². The Morgan fingerprint density at radius 1 is 1.21 bits per heavy atom. The lowest BCUT2D eigenvalue weighted by molar-refractivity contribution is -0.910. The summed E-state index contributed by atoms with van der Waals surface area (Å²) in [4.78, 5) is 13.8. The molecule has 2 aromatic carbocycles. The molecular formula is C22H28ClN2O3+. The lowest BCUT2D eigenvalue weighted by Crippen LogP contribution is -3.11. The van der Waals surface area contributed by atoms with Crippen LogP contribution in [0.3, 0.4) is 0 Å². The first-order chi connectivity index (χ1) is 13.6. The van der Waals surface area contributed by atoms with E-state index in [-0.39, 0.29) is 11.9 Å². The highest BCUT2D eigenvalue weighted by Crippen LogP contribution is 2.31. The van der Waals surface area contributed by atoms with E-state index in [1.165, 1.54) is 4.90 Å². The summed E-state index contributed by atoms with van der Waals surface area (Å²) >= 11 is 6.01. The summed E-state index contributed by atoms with van der Waals surface area (Å²) in [6.07, 6.45) is 2.90. The lowest BCUT2D eigenvalue weighted by Gasteiger charge is -2.23. The van der Waals surface area contributed by atoms with Gasteiger partial charge in [0.1, 0.15) is 17.5 Å². The normalized spacial score (nSPS) is 18.7. The second kappa shape index (κ2) is 9.80. The summed E-state index contributed by atoms with van der Waals surface area (Å²) in [5, 5.41) is 3.76. The van der Waals surface area contributed by atoms with Crippen molar-refractivity contribution in [2.24, 2.45) is 0 Å². The minimum atomic E-state index is 0.0748. The smallest absolute Gasteiger partial charge is 0.275 e. The first-order valence-electron chi connectivity index (χ1n) is 9.68. The fraction of sp³-hybridized carbons (Fsp3) is 0.409. The van der Waals surface area contributed by atoms with Gasteiger partial charge < -0.3 is 19.7 Å². The molecule has 1 fully saturated rings. The van der Waals surface area contributed by atoms with E-state index in [0.717, 1.165) is 53.5 Å². The van der Waals surface area contributed by atoms with Crippen molar-refractivity contribution in [3.05, 3.63) is 58.6 Å². The van der Waals surface area contributed by atoms with Crippen LogP contribution in [0.4, 0.5) is 0 Å². The van der Waals surface area contributed by atoms with Crippen LogP contribution in [-0.4, -0.2) is 39.8 Å². The van der Waals surface area contributed by atoms with Crippen LogP contribution >= 0.6 is 11.6 Å². The molecule has 0 aliphatic carbocycles. The number of benzene rings is 2. The molecule has 1 heterocycles. The molecule has 2 atom stereocenters. The molecule has 150 valence electrons. The molecule has 0 aromatic heterocycles. The van der Waals surface area contributed by atoms with Crippen molar-refractivity contribution in [1.29, 1.82) is 0 Å². The molecule has 3 rings (SSSR count). The van der Waals surface area contributed by atoms with Crippen molar-refractivity contribution < 1.29 is 19.2 Å². The van der Waals surface area contributed by atoms with E-state index in [2.05, 4.69) is 5.32 Å². The maximum Gasteiger partial charge on any atom is 0.275 e. The summed E-state index contributed by atoms with van der Waals surface area (Å²) in [6, 6.07) is 13.9. The maximum atomic E-state index is 12.5. The van der Waals surface area contributed by atoms with E-state index in [9.17, 15) is 4.79 Å². The average molecular weight is 404 g/mol. The van der Waals surface area contributed by atoms with Crippen LogP contribution in [0.15, 0.2) is 42.5 Å². The second-order valence-electron chi connectivity index (χ2n) is 7.12. The highest BCUT2D eigenvalue weighted by molar-refractivity contribution is 6.30. The van der Waals surface area contributed by atoms with Crippen LogP contribution in [0.1, 0.15) is 30.0 Å². The van der Waals surface area contributed by atoms with Gasteiger partial charge in [-0.2, -0.15) is 0 Å². The van der Waals surface area contributed by atoms with Crippen LogP contribution in [0.25, 0.3) is 0 Å². The highest BCUT2D eigenvalue weighted by Gasteiger charge is 2.33. The molecule has 28 heavy (non-hydrogen) atoms. The number of likely N-dealkylation sites (tertiary alicyclic amines) is 1. The molecule has 0 spiro atoms. The SMILES string of the molecule is COc1ccc(OC)c([C@@H]2CCC[NH+]2CC(=O)NCCc2cccc(Cl)c2)c1. The summed E-state index contributed by atoms with van der Waals surface area (Å²) in [5.41, 5.74) is 2.24. The Kier molecular flexibility index (Phi) is 7.18. The Balaban J connectivity index is 1.58. The van der Waals surface area contributed by atoms with Crippen LogP contribution in [0.2, 0.25) is 5.02 Å². The van der Waals surface area contributed by atoms with E-state index < -0.39 is 0 Å². The van der Waals surface area contributed by atoms with E-state index in [1.807, 2.05) is 42.5 Å². The van der Waals surface area contributed by atoms with Crippen molar-refractivity contribution in [2.45, 2.75) is 25.3 Å². The van der Waals surface area contributed by atoms with Crippen LogP contribution in [-0.2, 0) is 11.2 Å².